The van der Waals surface area contributed by atoms with Crippen LogP contribution < -0.4 is 0 Å². The molecular weight excluding hydrogens is 279 g/mol. The second kappa shape index (κ2) is 5.21. The summed E-state index contributed by atoms with van der Waals surface area (Å²) in [5.74, 6) is -0.638. The first kappa shape index (κ1) is 13.1. The Bertz CT molecular complexity index is 621. The fraction of sp³-hybridized carbons (Fsp3) is 0.200. The largest absolute Gasteiger partial charge is 0.337 e. The number of benzene rings is 1. The maximum absolute atomic E-state index is 13.7. The minimum atomic E-state index is -0.574. The van der Waals surface area contributed by atoms with E-state index in [1.807, 2.05) is 12.1 Å². The maximum Gasteiger partial charge on any atom is 0.258 e. The monoisotopic (exact) mass is 290 g/mol. The lowest BCUT2D eigenvalue weighted by Crippen LogP contribution is -2.48. The third-order valence-corrected chi connectivity index (χ3v) is 3.84. The van der Waals surface area contributed by atoms with Gasteiger partial charge in [-0.2, -0.15) is 0 Å². The van der Waals surface area contributed by atoms with Crippen molar-refractivity contribution < 1.29 is 9.18 Å². The van der Waals surface area contributed by atoms with Gasteiger partial charge in [0.1, 0.15) is 5.82 Å². The number of aromatic nitrogens is 1. The van der Waals surface area contributed by atoms with Gasteiger partial charge in [-0.25, -0.2) is 4.39 Å². The van der Waals surface area contributed by atoms with Crippen LogP contribution in [0.1, 0.15) is 21.8 Å². The minimum Gasteiger partial charge on any atom is -0.337 e. The number of hydrogen-bond acceptors (Lipinski definition) is 2. The summed E-state index contributed by atoms with van der Waals surface area (Å²) < 4.78 is 13.7. The normalized spacial score (nSPS) is 15.0. The smallest absolute Gasteiger partial charge is 0.258 e. The summed E-state index contributed by atoms with van der Waals surface area (Å²) in [4.78, 5) is 17.8. The second-order valence-electron chi connectivity index (χ2n) is 4.78. The molecule has 0 saturated carbocycles. The van der Waals surface area contributed by atoms with Gasteiger partial charge in [0.05, 0.1) is 10.6 Å². The molecule has 0 spiro atoms. The second-order valence-corrected chi connectivity index (χ2v) is 5.19. The molecule has 2 heterocycles. The van der Waals surface area contributed by atoms with Crippen molar-refractivity contribution in [2.75, 3.05) is 13.1 Å². The molecule has 1 fully saturated rings. The summed E-state index contributed by atoms with van der Waals surface area (Å²) in [6.45, 7) is 1.15. The average Bonchev–Trinajstić information content (AvgIpc) is 2.38. The van der Waals surface area contributed by atoms with Crippen LogP contribution >= 0.6 is 11.6 Å². The average molecular weight is 291 g/mol. The van der Waals surface area contributed by atoms with E-state index in [1.54, 1.807) is 17.3 Å². The van der Waals surface area contributed by atoms with Gasteiger partial charge in [-0.1, -0.05) is 17.7 Å². The Morgan fingerprint density at radius 3 is 2.60 bits per heavy atom. The lowest BCUT2D eigenvalue weighted by molar-refractivity contribution is 0.0597. The van der Waals surface area contributed by atoms with Crippen molar-refractivity contribution >= 4 is 17.5 Å². The lowest BCUT2D eigenvalue weighted by atomic mass is 9.91. The molecule has 1 aromatic heterocycles. The molecule has 1 aliphatic rings. The van der Waals surface area contributed by atoms with Crippen molar-refractivity contribution in [2.24, 2.45) is 0 Å². The highest BCUT2D eigenvalue weighted by Gasteiger charge is 2.34. The molecule has 102 valence electrons. The molecule has 2 aromatic rings. The van der Waals surface area contributed by atoms with Crippen LogP contribution in [0.25, 0.3) is 0 Å². The van der Waals surface area contributed by atoms with E-state index in [9.17, 15) is 9.18 Å². The Morgan fingerprint density at radius 1 is 1.25 bits per heavy atom. The van der Waals surface area contributed by atoms with Crippen LogP contribution in [-0.2, 0) is 0 Å². The predicted molar refractivity (Wildman–Crippen MR) is 74.3 cm³/mol. The molecule has 5 heteroatoms. The number of carbonyl (C=O) groups is 1. The number of rotatable bonds is 2. The topological polar surface area (TPSA) is 33.2 Å². The zero-order valence-corrected chi connectivity index (χ0v) is 11.3. The maximum atomic E-state index is 13.7. The van der Waals surface area contributed by atoms with E-state index in [2.05, 4.69) is 4.98 Å². The molecule has 0 N–H and O–H groups in total. The third-order valence-electron chi connectivity index (χ3n) is 3.52. The summed E-state index contributed by atoms with van der Waals surface area (Å²) in [6, 6.07) is 8.13. The van der Waals surface area contributed by atoms with Crippen molar-refractivity contribution in [1.29, 1.82) is 0 Å². The molecule has 3 nitrogen and oxygen atoms in total. The van der Waals surface area contributed by atoms with Crippen LogP contribution in [0.2, 0.25) is 5.02 Å². The summed E-state index contributed by atoms with van der Waals surface area (Å²) in [5.41, 5.74) is 1.10. The number of halogens is 2. The predicted octanol–water partition coefficient (Wildman–Crippen LogP) is 3.11. The molecule has 0 atom stereocenters. The Balaban J connectivity index is 1.73. The van der Waals surface area contributed by atoms with Crippen molar-refractivity contribution in [1.82, 2.24) is 9.88 Å². The highest BCUT2D eigenvalue weighted by atomic mass is 35.5. The molecule has 0 unspecified atom stereocenters. The van der Waals surface area contributed by atoms with Gasteiger partial charge in [-0.3, -0.25) is 9.78 Å². The molecule has 0 radical (unpaired) electrons. The van der Waals surface area contributed by atoms with Gasteiger partial charge in [-0.15, -0.1) is 0 Å². The zero-order valence-electron chi connectivity index (χ0n) is 10.6. The first-order valence-corrected chi connectivity index (χ1v) is 6.68. The van der Waals surface area contributed by atoms with Gasteiger partial charge < -0.3 is 4.90 Å². The first-order valence-electron chi connectivity index (χ1n) is 6.30. The molecule has 0 aliphatic carbocycles. The molecule has 20 heavy (non-hydrogen) atoms. The van der Waals surface area contributed by atoms with Crippen LogP contribution in [0.3, 0.4) is 0 Å². The quantitative estimate of drug-likeness (QED) is 0.851. The van der Waals surface area contributed by atoms with E-state index in [0.29, 0.717) is 13.1 Å². The van der Waals surface area contributed by atoms with Gasteiger partial charge in [0, 0.05) is 31.4 Å². The Hall–Kier alpha value is -1.94. The Kier molecular flexibility index (Phi) is 3.40. The number of pyridine rings is 1. The first-order chi connectivity index (χ1) is 9.66. The van der Waals surface area contributed by atoms with E-state index in [0.717, 1.165) is 5.56 Å². The van der Waals surface area contributed by atoms with Crippen molar-refractivity contribution in [3.8, 4) is 0 Å². The fourth-order valence-corrected chi connectivity index (χ4v) is 2.59. The summed E-state index contributed by atoms with van der Waals surface area (Å²) in [7, 11) is 0. The molecule has 3 rings (SSSR count). The SMILES string of the molecule is O=C(c1c(F)cccc1Cl)N1CC(c2ccncc2)C1. The molecule has 0 bridgehead atoms. The van der Waals surface area contributed by atoms with E-state index < -0.39 is 5.82 Å². The van der Waals surface area contributed by atoms with Gasteiger partial charge >= 0.3 is 0 Å². The molecule has 1 amide bonds. The third kappa shape index (κ3) is 2.27. The molecular formula is C15H12ClFN2O. The van der Waals surface area contributed by atoms with Gasteiger partial charge in [-0.05, 0) is 29.8 Å². The van der Waals surface area contributed by atoms with E-state index >= 15 is 0 Å². The fourth-order valence-electron chi connectivity index (χ4n) is 2.35. The molecule has 1 aromatic carbocycles. The van der Waals surface area contributed by atoms with E-state index in [1.165, 1.54) is 18.2 Å². The number of amides is 1. The minimum absolute atomic E-state index is 0.0395. The van der Waals surface area contributed by atoms with E-state index in [4.69, 9.17) is 11.6 Å². The van der Waals surface area contributed by atoms with Crippen LogP contribution in [0.15, 0.2) is 42.7 Å². The molecule has 1 saturated heterocycles. The van der Waals surface area contributed by atoms with Crippen LogP contribution in [-0.4, -0.2) is 28.9 Å². The Labute approximate surface area is 121 Å². The van der Waals surface area contributed by atoms with Gasteiger partial charge in [0.25, 0.3) is 5.91 Å². The van der Waals surface area contributed by atoms with Gasteiger partial charge in [0.15, 0.2) is 0 Å². The van der Waals surface area contributed by atoms with Crippen molar-refractivity contribution in [3.63, 3.8) is 0 Å². The number of likely N-dealkylation sites (tertiary alicyclic amines) is 1. The Morgan fingerprint density at radius 2 is 1.95 bits per heavy atom. The number of nitrogens with zero attached hydrogens (tertiary/aromatic N) is 2. The van der Waals surface area contributed by atoms with Crippen LogP contribution in [0.5, 0.6) is 0 Å². The summed E-state index contributed by atoms with van der Waals surface area (Å²) in [5, 5.41) is 0.155. The van der Waals surface area contributed by atoms with Gasteiger partial charge in [0.2, 0.25) is 0 Å². The zero-order chi connectivity index (χ0) is 14.1. The number of hydrogen-bond donors (Lipinski definition) is 0. The summed E-state index contributed by atoms with van der Waals surface area (Å²) >= 11 is 5.91. The van der Waals surface area contributed by atoms with Crippen LogP contribution in [0.4, 0.5) is 4.39 Å². The van der Waals surface area contributed by atoms with Crippen molar-refractivity contribution in [3.05, 3.63) is 64.7 Å². The lowest BCUT2D eigenvalue weighted by Gasteiger charge is -2.39. The van der Waals surface area contributed by atoms with Crippen molar-refractivity contribution in [2.45, 2.75) is 5.92 Å². The highest BCUT2D eigenvalue weighted by molar-refractivity contribution is 6.33. The summed E-state index contributed by atoms with van der Waals surface area (Å²) in [6.07, 6.45) is 3.46. The number of carbonyl (C=O) groups excluding carboxylic acids is 1. The highest BCUT2D eigenvalue weighted by Crippen LogP contribution is 2.30. The van der Waals surface area contributed by atoms with E-state index in [-0.39, 0.29) is 22.4 Å². The molecule has 1 aliphatic heterocycles. The van der Waals surface area contributed by atoms with Crippen LogP contribution in [0, 0.1) is 5.82 Å². The standard InChI is InChI=1S/C15H12ClFN2O/c16-12-2-1-3-13(17)14(12)15(20)19-8-11(9-19)10-4-6-18-7-5-10/h1-7,11H,8-9H2.